The van der Waals surface area contributed by atoms with Crippen LogP contribution in [0, 0.1) is 0 Å². The fraction of sp³-hybridized carbons (Fsp3) is 0.875. The highest BCUT2D eigenvalue weighted by Crippen LogP contribution is 2.12. The summed E-state index contributed by atoms with van der Waals surface area (Å²) in [4.78, 5) is 21.5. The maximum atomic E-state index is 10.8. The standard InChI is InChI=1S/C16H32N2O4/c19-15(17-21)13-11-9-7-5-3-1-2-4-6-8-10-12-14-16(20)18-22/h21-22H,1-14H2,(H,17,19)(H,18,20). The van der Waals surface area contributed by atoms with E-state index in [1.165, 1.54) is 38.5 Å². The third kappa shape index (κ3) is 15.3. The number of carbonyl (C=O) groups is 2. The molecule has 0 aliphatic carbocycles. The van der Waals surface area contributed by atoms with E-state index in [0.717, 1.165) is 38.5 Å². The fourth-order valence-corrected chi connectivity index (χ4v) is 2.45. The van der Waals surface area contributed by atoms with Crippen molar-refractivity contribution in [2.75, 3.05) is 0 Å². The van der Waals surface area contributed by atoms with E-state index in [0.29, 0.717) is 12.8 Å². The number of rotatable bonds is 15. The summed E-state index contributed by atoms with van der Waals surface area (Å²) in [6, 6.07) is 0. The predicted octanol–water partition coefficient (Wildman–Crippen LogP) is 3.46. The zero-order chi connectivity index (χ0) is 16.5. The van der Waals surface area contributed by atoms with Crippen LogP contribution in [0.5, 0.6) is 0 Å². The summed E-state index contributed by atoms with van der Waals surface area (Å²) in [7, 11) is 0. The lowest BCUT2D eigenvalue weighted by molar-refractivity contribution is -0.130. The first-order chi connectivity index (χ1) is 10.7. The molecular weight excluding hydrogens is 284 g/mol. The molecule has 0 heterocycles. The summed E-state index contributed by atoms with van der Waals surface area (Å²) in [5.74, 6) is -0.589. The van der Waals surface area contributed by atoms with Crippen molar-refractivity contribution in [1.82, 2.24) is 11.0 Å². The van der Waals surface area contributed by atoms with Gasteiger partial charge in [-0.25, -0.2) is 11.0 Å². The maximum absolute atomic E-state index is 10.8. The zero-order valence-electron chi connectivity index (χ0n) is 13.6. The van der Waals surface area contributed by atoms with Gasteiger partial charge in [-0.1, -0.05) is 64.2 Å². The minimum Gasteiger partial charge on any atom is -0.289 e. The van der Waals surface area contributed by atoms with Crippen LogP contribution >= 0.6 is 0 Å². The van der Waals surface area contributed by atoms with Crippen LogP contribution in [0.3, 0.4) is 0 Å². The van der Waals surface area contributed by atoms with Crippen molar-refractivity contribution < 1.29 is 20.0 Å². The average molecular weight is 316 g/mol. The lowest BCUT2D eigenvalue weighted by Crippen LogP contribution is -2.17. The molecule has 0 aromatic heterocycles. The molecule has 0 aromatic rings. The molecule has 0 atom stereocenters. The molecule has 0 fully saturated rings. The van der Waals surface area contributed by atoms with Gasteiger partial charge in [-0.05, 0) is 12.8 Å². The van der Waals surface area contributed by atoms with Gasteiger partial charge in [-0.15, -0.1) is 0 Å². The molecule has 130 valence electrons. The second-order valence-corrected chi connectivity index (χ2v) is 5.81. The van der Waals surface area contributed by atoms with Gasteiger partial charge < -0.3 is 0 Å². The Morgan fingerprint density at radius 3 is 0.955 bits per heavy atom. The van der Waals surface area contributed by atoms with E-state index in [1.54, 1.807) is 11.0 Å². The van der Waals surface area contributed by atoms with Gasteiger partial charge in [0.15, 0.2) is 0 Å². The molecule has 0 aromatic carbocycles. The van der Waals surface area contributed by atoms with Crippen molar-refractivity contribution >= 4 is 11.8 Å². The predicted molar refractivity (Wildman–Crippen MR) is 84.5 cm³/mol. The lowest BCUT2D eigenvalue weighted by Gasteiger charge is -2.03. The van der Waals surface area contributed by atoms with E-state index < -0.39 is 0 Å². The Bertz CT molecular complexity index is 257. The summed E-state index contributed by atoms with van der Waals surface area (Å²) >= 11 is 0. The molecule has 0 bridgehead atoms. The van der Waals surface area contributed by atoms with Gasteiger partial charge in [0.05, 0.1) is 0 Å². The first-order valence-corrected chi connectivity index (χ1v) is 8.56. The van der Waals surface area contributed by atoms with Crippen LogP contribution in [0.25, 0.3) is 0 Å². The van der Waals surface area contributed by atoms with E-state index in [-0.39, 0.29) is 11.8 Å². The van der Waals surface area contributed by atoms with Crippen molar-refractivity contribution in [3.8, 4) is 0 Å². The monoisotopic (exact) mass is 316 g/mol. The van der Waals surface area contributed by atoms with Crippen molar-refractivity contribution in [2.24, 2.45) is 0 Å². The molecule has 2 amide bonds. The summed E-state index contributed by atoms with van der Waals surface area (Å²) in [5, 5.41) is 16.7. The van der Waals surface area contributed by atoms with Crippen LogP contribution in [0.2, 0.25) is 0 Å². The average Bonchev–Trinajstić information content (AvgIpc) is 2.54. The van der Waals surface area contributed by atoms with E-state index in [4.69, 9.17) is 10.4 Å². The molecule has 0 radical (unpaired) electrons. The fourth-order valence-electron chi connectivity index (χ4n) is 2.45. The van der Waals surface area contributed by atoms with E-state index in [2.05, 4.69) is 0 Å². The topological polar surface area (TPSA) is 98.7 Å². The van der Waals surface area contributed by atoms with Gasteiger partial charge in [0.1, 0.15) is 0 Å². The van der Waals surface area contributed by atoms with Crippen LogP contribution in [-0.2, 0) is 9.59 Å². The molecule has 0 saturated heterocycles. The highest BCUT2D eigenvalue weighted by Gasteiger charge is 1.99. The third-order valence-corrected chi connectivity index (χ3v) is 3.81. The maximum Gasteiger partial charge on any atom is 0.243 e. The Hall–Kier alpha value is -1.14. The molecule has 6 heteroatoms. The SMILES string of the molecule is O=C(CCCCCCCCCCCCCCC(=O)NO)NO. The lowest BCUT2D eigenvalue weighted by atomic mass is 10.0. The van der Waals surface area contributed by atoms with Gasteiger partial charge in [0.25, 0.3) is 0 Å². The first-order valence-electron chi connectivity index (χ1n) is 8.56. The van der Waals surface area contributed by atoms with Crippen LogP contribution < -0.4 is 11.0 Å². The highest BCUT2D eigenvalue weighted by atomic mass is 16.5. The minimum atomic E-state index is -0.294. The molecule has 0 rings (SSSR count). The van der Waals surface area contributed by atoms with E-state index in [1.807, 2.05) is 0 Å². The summed E-state index contributed by atoms with van der Waals surface area (Å²) in [6.07, 6.45) is 14.4. The van der Waals surface area contributed by atoms with Crippen molar-refractivity contribution in [3.05, 3.63) is 0 Å². The van der Waals surface area contributed by atoms with Crippen LogP contribution in [-0.4, -0.2) is 22.2 Å². The molecule has 22 heavy (non-hydrogen) atoms. The zero-order valence-corrected chi connectivity index (χ0v) is 13.6. The molecule has 6 nitrogen and oxygen atoms in total. The van der Waals surface area contributed by atoms with Gasteiger partial charge in [-0.3, -0.25) is 20.0 Å². The normalized spacial score (nSPS) is 10.5. The van der Waals surface area contributed by atoms with Crippen molar-refractivity contribution in [1.29, 1.82) is 0 Å². The Kier molecular flexibility index (Phi) is 15.4. The van der Waals surface area contributed by atoms with Crippen LogP contribution in [0.4, 0.5) is 0 Å². The van der Waals surface area contributed by atoms with E-state index >= 15 is 0 Å². The number of carbonyl (C=O) groups excluding carboxylic acids is 2. The number of unbranched alkanes of at least 4 members (excludes halogenated alkanes) is 11. The van der Waals surface area contributed by atoms with Gasteiger partial charge in [-0.2, -0.15) is 0 Å². The minimum absolute atomic E-state index is 0.294. The Morgan fingerprint density at radius 2 is 0.727 bits per heavy atom. The highest BCUT2D eigenvalue weighted by molar-refractivity contribution is 5.74. The van der Waals surface area contributed by atoms with Gasteiger partial charge >= 0.3 is 0 Å². The number of amides is 2. The Labute approximate surface area is 133 Å². The second kappa shape index (κ2) is 16.2. The smallest absolute Gasteiger partial charge is 0.243 e. The molecular formula is C16H32N2O4. The second-order valence-electron chi connectivity index (χ2n) is 5.81. The summed E-state index contributed by atoms with van der Waals surface area (Å²) < 4.78 is 0. The number of hydrogen-bond acceptors (Lipinski definition) is 4. The van der Waals surface area contributed by atoms with E-state index in [9.17, 15) is 9.59 Å². The first kappa shape index (κ1) is 20.9. The number of nitrogens with one attached hydrogen (secondary N) is 2. The quantitative estimate of drug-likeness (QED) is 0.211. The number of hydroxylamine groups is 2. The van der Waals surface area contributed by atoms with Gasteiger partial charge in [0.2, 0.25) is 11.8 Å². The summed E-state index contributed by atoms with van der Waals surface area (Å²) in [6.45, 7) is 0. The van der Waals surface area contributed by atoms with Crippen LogP contribution in [0.1, 0.15) is 89.9 Å². The summed E-state index contributed by atoms with van der Waals surface area (Å²) in [5.41, 5.74) is 3.29. The van der Waals surface area contributed by atoms with Crippen molar-refractivity contribution in [3.63, 3.8) is 0 Å². The molecule has 0 unspecified atom stereocenters. The molecule has 4 N–H and O–H groups in total. The third-order valence-electron chi connectivity index (χ3n) is 3.81. The molecule has 0 aliphatic rings. The molecule has 0 saturated carbocycles. The largest absolute Gasteiger partial charge is 0.289 e. The molecule has 0 aliphatic heterocycles. The van der Waals surface area contributed by atoms with Crippen molar-refractivity contribution in [2.45, 2.75) is 89.9 Å². The Balaban J connectivity index is 3.05. The van der Waals surface area contributed by atoms with Gasteiger partial charge in [0, 0.05) is 12.8 Å². The van der Waals surface area contributed by atoms with Crippen LogP contribution in [0.15, 0.2) is 0 Å². The number of hydrogen-bond donors (Lipinski definition) is 4. The molecule has 0 spiro atoms. The Morgan fingerprint density at radius 1 is 0.500 bits per heavy atom.